The summed E-state index contributed by atoms with van der Waals surface area (Å²) in [5, 5.41) is 0. The van der Waals surface area contributed by atoms with Crippen LogP contribution in [-0.2, 0) is 16.1 Å². The minimum atomic E-state index is 0.00513. The van der Waals surface area contributed by atoms with E-state index in [9.17, 15) is 4.79 Å². The van der Waals surface area contributed by atoms with Gasteiger partial charge in [0.1, 0.15) is 6.61 Å². The lowest BCUT2D eigenvalue weighted by atomic mass is 9.75. The Bertz CT molecular complexity index is 411. The molecule has 0 N–H and O–H groups in total. The maximum atomic E-state index is 12.0. The Balaban J connectivity index is 1.81. The van der Waals surface area contributed by atoms with E-state index >= 15 is 0 Å². The maximum absolute atomic E-state index is 12.0. The van der Waals surface area contributed by atoms with Gasteiger partial charge in [0.25, 0.3) is 0 Å². The van der Waals surface area contributed by atoms with Crippen LogP contribution in [0.4, 0.5) is 0 Å². The third kappa shape index (κ3) is 1.84. The molecule has 1 spiro atoms. The number of ether oxygens (including phenoxy) is 1. The molecule has 1 aliphatic carbocycles. The largest absolute Gasteiger partial charge is 0.369 e. The average molecular weight is 231 g/mol. The Morgan fingerprint density at radius 1 is 1.24 bits per heavy atom. The fraction of sp³-hybridized carbons (Fsp3) is 0.500. The molecule has 90 valence electrons. The standard InChI is InChI=1S/C14H17NO2/c16-13-10-17-11-14(7-4-8-14)15(13)9-12-5-2-1-3-6-12/h1-3,5-6H,4,7-11H2. The predicted octanol–water partition coefficient (Wildman–Crippen LogP) is 1.97. The third-order valence-corrected chi connectivity index (χ3v) is 3.94. The second-order valence-corrected chi connectivity index (χ2v) is 5.04. The minimum absolute atomic E-state index is 0.00513. The number of carbonyl (C=O) groups excluding carboxylic acids is 1. The normalized spacial score (nSPS) is 22.6. The van der Waals surface area contributed by atoms with E-state index in [1.807, 2.05) is 23.1 Å². The van der Waals surface area contributed by atoms with Crippen molar-refractivity contribution in [3.63, 3.8) is 0 Å². The molecule has 0 aromatic heterocycles. The van der Waals surface area contributed by atoms with E-state index in [-0.39, 0.29) is 18.1 Å². The molecule has 3 heteroatoms. The highest BCUT2D eigenvalue weighted by Gasteiger charge is 2.47. The molecule has 2 aliphatic rings. The molecule has 1 saturated heterocycles. The molecule has 2 fully saturated rings. The van der Waals surface area contributed by atoms with Crippen LogP contribution in [0.15, 0.2) is 30.3 Å². The Kier molecular flexibility index (Phi) is 2.63. The van der Waals surface area contributed by atoms with Gasteiger partial charge in [-0.05, 0) is 24.8 Å². The van der Waals surface area contributed by atoms with Crippen molar-refractivity contribution in [3.8, 4) is 0 Å². The van der Waals surface area contributed by atoms with Crippen LogP contribution in [0.5, 0.6) is 0 Å². The number of morpholine rings is 1. The van der Waals surface area contributed by atoms with E-state index in [4.69, 9.17) is 4.74 Å². The summed E-state index contributed by atoms with van der Waals surface area (Å²) < 4.78 is 5.42. The van der Waals surface area contributed by atoms with Crippen LogP contribution in [0, 0.1) is 0 Å². The summed E-state index contributed by atoms with van der Waals surface area (Å²) in [6.07, 6.45) is 3.39. The second kappa shape index (κ2) is 4.15. The van der Waals surface area contributed by atoms with Gasteiger partial charge in [0.05, 0.1) is 12.1 Å². The molecule has 1 aromatic rings. The molecule has 1 aromatic carbocycles. The SMILES string of the molecule is O=C1COCC2(CCC2)N1Cc1ccccc1. The van der Waals surface area contributed by atoms with E-state index in [0.717, 1.165) is 19.4 Å². The predicted molar refractivity (Wildman–Crippen MR) is 64.4 cm³/mol. The highest BCUT2D eigenvalue weighted by molar-refractivity contribution is 5.79. The Hall–Kier alpha value is -1.35. The lowest BCUT2D eigenvalue weighted by Crippen LogP contribution is -2.62. The van der Waals surface area contributed by atoms with Gasteiger partial charge >= 0.3 is 0 Å². The minimum Gasteiger partial charge on any atom is -0.369 e. The number of nitrogens with zero attached hydrogens (tertiary/aromatic N) is 1. The molecule has 0 atom stereocenters. The second-order valence-electron chi connectivity index (χ2n) is 5.04. The van der Waals surface area contributed by atoms with Gasteiger partial charge in [-0.3, -0.25) is 4.79 Å². The highest BCUT2D eigenvalue weighted by Crippen LogP contribution is 2.40. The first-order valence-electron chi connectivity index (χ1n) is 6.22. The summed E-state index contributed by atoms with van der Waals surface area (Å²) >= 11 is 0. The average Bonchev–Trinajstić information content (AvgIpc) is 2.31. The quantitative estimate of drug-likeness (QED) is 0.778. The topological polar surface area (TPSA) is 29.5 Å². The Labute approximate surface area is 101 Å². The van der Waals surface area contributed by atoms with Crippen molar-refractivity contribution in [2.45, 2.75) is 31.3 Å². The first kappa shape index (κ1) is 10.8. The molecule has 3 nitrogen and oxygen atoms in total. The van der Waals surface area contributed by atoms with Gasteiger partial charge < -0.3 is 9.64 Å². The number of hydrogen-bond acceptors (Lipinski definition) is 2. The van der Waals surface area contributed by atoms with Crippen molar-refractivity contribution >= 4 is 5.91 Å². The number of rotatable bonds is 2. The van der Waals surface area contributed by atoms with Crippen LogP contribution < -0.4 is 0 Å². The van der Waals surface area contributed by atoms with Crippen LogP contribution in [-0.4, -0.2) is 29.6 Å². The number of hydrogen-bond donors (Lipinski definition) is 0. The zero-order chi connectivity index (χ0) is 11.7. The van der Waals surface area contributed by atoms with Gasteiger partial charge in [-0.2, -0.15) is 0 Å². The molecule has 3 rings (SSSR count). The van der Waals surface area contributed by atoms with Crippen LogP contribution in [0.2, 0.25) is 0 Å². The number of amides is 1. The van der Waals surface area contributed by atoms with Gasteiger partial charge in [-0.1, -0.05) is 30.3 Å². The Morgan fingerprint density at radius 2 is 2.00 bits per heavy atom. The van der Waals surface area contributed by atoms with Crippen molar-refractivity contribution in [1.29, 1.82) is 0 Å². The lowest BCUT2D eigenvalue weighted by Gasteiger charge is -2.52. The van der Waals surface area contributed by atoms with E-state index in [2.05, 4.69) is 12.1 Å². The summed E-state index contributed by atoms with van der Waals surface area (Å²) in [4.78, 5) is 14.0. The first-order chi connectivity index (χ1) is 8.30. The van der Waals surface area contributed by atoms with Crippen molar-refractivity contribution in [2.24, 2.45) is 0 Å². The fourth-order valence-corrected chi connectivity index (χ4v) is 2.77. The summed E-state index contributed by atoms with van der Waals surface area (Å²) in [6, 6.07) is 10.2. The van der Waals surface area contributed by atoms with Gasteiger partial charge in [0.2, 0.25) is 5.91 Å². The van der Waals surface area contributed by atoms with Crippen LogP contribution in [0.25, 0.3) is 0 Å². The van der Waals surface area contributed by atoms with Gasteiger partial charge in [0.15, 0.2) is 0 Å². The molecular weight excluding hydrogens is 214 g/mol. The van der Waals surface area contributed by atoms with Crippen LogP contribution in [0.1, 0.15) is 24.8 Å². The molecule has 0 radical (unpaired) electrons. The fourth-order valence-electron chi connectivity index (χ4n) is 2.77. The van der Waals surface area contributed by atoms with E-state index in [0.29, 0.717) is 6.61 Å². The molecule has 17 heavy (non-hydrogen) atoms. The summed E-state index contributed by atoms with van der Waals surface area (Å²) in [5.41, 5.74) is 1.21. The number of carbonyl (C=O) groups is 1. The lowest BCUT2D eigenvalue weighted by molar-refractivity contribution is -0.168. The summed E-state index contributed by atoms with van der Waals surface area (Å²) in [7, 11) is 0. The smallest absolute Gasteiger partial charge is 0.249 e. The van der Waals surface area contributed by atoms with Gasteiger partial charge in [0, 0.05) is 6.54 Å². The van der Waals surface area contributed by atoms with Crippen molar-refractivity contribution in [3.05, 3.63) is 35.9 Å². The van der Waals surface area contributed by atoms with Crippen molar-refractivity contribution in [1.82, 2.24) is 4.90 Å². The summed E-state index contributed by atoms with van der Waals surface area (Å²) in [5.74, 6) is 0.139. The first-order valence-corrected chi connectivity index (χ1v) is 6.22. The molecular formula is C14H17NO2. The molecule has 0 bridgehead atoms. The summed E-state index contributed by atoms with van der Waals surface area (Å²) in [6.45, 7) is 1.68. The van der Waals surface area contributed by atoms with Gasteiger partial charge in [-0.15, -0.1) is 0 Å². The Morgan fingerprint density at radius 3 is 2.65 bits per heavy atom. The van der Waals surface area contributed by atoms with Crippen molar-refractivity contribution < 1.29 is 9.53 Å². The molecule has 1 aliphatic heterocycles. The van der Waals surface area contributed by atoms with Crippen molar-refractivity contribution in [2.75, 3.05) is 13.2 Å². The van der Waals surface area contributed by atoms with E-state index < -0.39 is 0 Å². The number of benzene rings is 1. The maximum Gasteiger partial charge on any atom is 0.249 e. The molecule has 1 amide bonds. The molecule has 1 saturated carbocycles. The van der Waals surface area contributed by atoms with E-state index in [1.165, 1.54) is 12.0 Å². The zero-order valence-corrected chi connectivity index (χ0v) is 9.89. The highest BCUT2D eigenvalue weighted by atomic mass is 16.5. The van der Waals surface area contributed by atoms with E-state index in [1.54, 1.807) is 0 Å². The van der Waals surface area contributed by atoms with Gasteiger partial charge in [-0.25, -0.2) is 0 Å². The monoisotopic (exact) mass is 231 g/mol. The molecule has 0 unspecified atom stereocenters. The third-order valence-electron chi connectivity index (χ3n) is 3.94. The van der Waals surface area contributed by atoms with Crippen LogP contribution in [0.3, 0.4) is 0 Å². The zero-order valence-electron chi connectivity index (χ0n) is 9.89. The molecule has 1 heterocycles. The van der Waals surface area contributed by atoms with Crippen LogP contribution >= 0.6 is 0 Å².